The second-order valence-corrected chi connectivity index (χ2v) is 16.0. The Morgan fingerprint density at radius 1 is 0.654 bits per heavy atom. The molecule has 4 aromatic rings. The van der Waals surface area contributed by atoms with E-state index in [0.717, 1.165) is 40.2 Å². The Labute approximate surface area is 316 Å². The Balaban J connectivity index is 0.000000202. The van der Waals surface area contributed by atoms with Crippen molar-refractivity contribution in [1.82, 2.24) is 0 Å². The number of fused-ring (bicyclic) bond motifs is 2. The molecule has 0 saturated heterocycles. The van der Waals surface area contributed by atoms with Crippen molar-refractivity contribution < 1.29 is 28.9 Å². The molecule has 4 aromatic carbocycles. The summed E-state index contributed by atoms with van der Waals surface area (Å²) in [5.41, 5.74) is 7.13. The molecule has 0 fully saturated rings. The van der Waals surface area contributed by atoms with Gasteiger partial charge in [0.15, 0.2) is 0 Å². The quantitative estimate of drug-likeness (QED) is 0.161. The van der Waals surface area contributed by atoms with Crippen LogP contribution in [-0.4, -0.2) is 49.4 Å². The van der Waals surface area contributed by atoms with Crippen LogP contribution in [0.3, 0.4) is 0 Å². The maximum atomic E-state index is 12.0. The minimum Gasteiger partial charge on any atom is -0.496 e. The maximum absolute atomic E-state index is 12.0. The first-order valence-electron chi connectivity index (χ1n) is 17.2. The van der Waals surface area contributed by atoms with Crippen LogP contribution < -0.4 is 9.47 Å². The number of carboxylic acid groups (broad SMARTS) is 1. The average molecular weight is 733 g/mol. The van der Waals surface area contributed by atoms with Crippen molar-refractivity contribution in [3.05, 3.63) is 117 Å². The van der Waals surface area contributed by atoms with Gasteiger partial charge in [0.05, 0.1) is 20.8 Å². The Bertz CT molecular complexity index is 2110. The molecule has 0 aliphatic carbocycles. The molecule has 268 valence electrons. The predicted molar refractivity (Wildman–Crippen MR) is 210 cm³/mol. The topological polar surface area (TPSA) is 82.1 Å². The lowest BCUT2D eigenvalue weighted by molar-refractivity contribution is 0.0522. The fourth-order valence-corrected chi connectivity index (χ4v) is 8.98. The number of carbonyl (C=O) groups excluding carboxylic acids is 1. The summed E-state index contributed by atoms with van der Waals surface area (Å²) in [6.45, 7) is 11.2. The minimum absolute atomic E-state index is 0.139. The minimum atomic E-state index is -1.01. The van der Waals surface area contributed by atoms with Gasteiger partial charge < -0.3 is 19.3 Å². The van der Waals surface area contributed by atoms with E-state index in [1.807, 2.05) is 35.7 Å². The largest absolute Gasteiger partial charge is 0.496 e. The predicted octanol–water partition coefficient (Wildman–Crippen LogP) is 9.61. The highest BCUT2D eigenvalue weighted by Crippen LogP contribution is 2.42. The van der Waals surface area contributed by atoms with Gasteiger partial charge in [-0.1, -0.05) is 51.4 Å². The van der Waals surface area contributed by atoms with Gasteiger partial charge in [0.2, 0.25) is 0 Å². The van der Waals surface area contributed by atoms with Gasteiger partial charge >= 0.3 is 11.9 Å². The van der Waals surface area contributed by atoms with Crippen LogP contribution in [0, 0.1) is 23.7 Å². The molecule has 8 heteroatoms. The van der Waals surface area contributed by atoms with Crippen LogP contribution >= 0.6 is 23.5 Å². The number of carbonyl (C=O) groups is 2. The molecule has 0 bridgehead atoms. The summed E-state index contributed by atoms with van der Waals surface area (Å²) >= 11 is 3.82. The van der Waals surface area contributed by atoms with Crippen molar-refractivity contribution in [2.75, 3.05) is 32.3 Å². The Morgan fingerprint density at radius 2 is 1.06 bits per heavy atom. The number of esters is 1. The third kappa shape index (κ3) is 9.17. The molecule has 0 aromatic heterocycles. The third-order valence-electron chi connectivity index (χ3n) is 9.22. The molecule has 2 aliphatic rings. The Kier molecular flexibility index (Phi) is 12.4. The molecule has 6 nitrogen and oxygen atoms in total. The standard InChI is InChI=1S/C23H24O3S.C21H20O3S/c1-5-26-22(24)18-10-8-17(15-20(18)25-4)7-6-16-9-11-21-19(14-16)23(2,3)12-13-27-21;1-21(2)10-11-25-19-9-7-14(12-17(19)21)4-5-15-6-8-16(20(22)23)18(13-15)24-3/h8-11,14-15H,5,12-13H2,1-4H3;6-9,12-13H,10-11H2,1-3H3,(H,22,23). The van der Waals surface area contributed by atoms with Crippen molar-refractivity contribution in [2.45, 2.75) is 68.1 Å². The number of rotatable bonds is 5. The molecule has 2 heterocycles. The van der Waals surface area contributed by atoms with Gasteiger partial charge in [-0.25, -0.2) is 9.59 Å². The second-order valence-electron chi connectivity index (χ2n) is 13.7. The molecule has 1 N–H and O–H groups in total. The van der Waals surface area contributed by atoms with Crippen molar-refractivity contribution in [3.63, 3.8) is 0 Å². The zero-order valence-electron chi connectivity index (χ0n) is 30.8. The van der Waals surface area contributed by atoms with Crippen LogP contribution in [0.2, 0.25) is 0 Å². The van der Waals surface area contributed by atoms with Gasteiger partial charge in [-0.15, -0.1) is 23.5 Å². The first kappa shape index (κ1) is 38.5. The molecule has 0 amide bonds. The molecule has 52 heavy (non-hydrogen) atoms. The van der Waals surface area contributed by atoms with E-state index in [1.165, 1.54) is 40.5 Å². The summed E-state index contributed by atoms with van der Waals surface area (Å²) in [6.07, 6.45) is 2.34. The lowest BCUT2D eigenvalue weighted by atomic mass is 9.81. The third-order valence-corrected chi connectivity index (χ3v) is 11.4. The van der Waals surface area contributed by atoms with Gasteiger partial charge in [-0.05, 0) is 126 Å². The molecule has 2 aliphatic heterocycles. The fourth-order valence-electron chi connectivity index (χ4n) is 6.01. The molecule has 0 saturated carbocycles. The molecular formula is C44H44O6S2. The Morgan fingerprint density at radius 3 is 1.48 bits per heavy atom. The van der Waals surface area contributed by atoms with E-state index in [9.17, 15) is 9.59 Å². The lowest BCUT2D eigenvalue weighted by Crippen LogP contribution is -2.22. The van der Waals surface area contributed by atoms with Crippen LogP contribution in [0.5, 0.6) is 11.5 Å². The highest BCUT2D eigenvalue weighted by molar-refractivity contribution is 7.99. The van der Waals surface area contributed by atoms with Crippen molar-refractivity contribution in [2.24, 2.45) is 0 Å². The number of hydrogen-bond acceptors (Lipinski definition) is 7. The van der Waals surface area contributed by atoms with Gasteiger partial charge in [0, 0.05) is 32.0 Å². The summed E-state index contributed by atoms with van der Waals surface area (Å²) in [5.74, 6) is 14.4. The van der Waals surface area contributed by atoms with Crippen molar-refractivity contribution >= 4 is 35.5 Å². The van der Waals surface area contributed by atoms with Crippen LogP contribution in [-0.2, 0) is 15.6 Å². The smallest absolute Gasteiger partial charge is 0.341 e. The van der Waals surface area contributed by atoms with E-state index in [4.69, 9.17) is 19.3 Å². The van der Waals surface area contributed by atoms with E-state index in [2.05, 4.69) is 81.7 Å². The van der Waals surface area contributed by atoms with E-state index in [0.29, 0.717) is 23.7 Å². The molecule has 6 rings (SSSR count). The first-order valence-corrected chi connectivity index (χ1v) is 19.2. The molecule has 0 atom stereocenters. The maximum Gasteiger partial charge on any atom is 0.341 e. The van der Waals surface area contributed by atoms with Crippen LogP contribution in [0.4, 0.5) is 0 Å². The number of carboxylic acids is 1. The van der Waals surface area contributed by atoms with Gasteiger partial charge in [-0.2, -0.15) is 0 Å². The van der Waals surface area contributed by atoms with E-state index in [1.54, 1.807) is 38.3 Å². The van der Waals surface area contributed by atoms with Crippen LogP contribution in [0.15, 0.2) is 82.6 Å². The van der Waals surface area contributed by atoms with Crippen molar-refractivity contribution in [1.29, 1.82) is 0 Å². The summed E-state index contributed by atoms with van der Waals surface area (Å²) in [7, 11) is 3.00. The molecule has 0 spiro atoms. The molecule has 0 radical (unpaired) electrons. The number of methoxy groups -OCH3 is 2. The number of ether oxygens (including phenoxy) is 3. The zero-order chi connectivity index (χ0) is 37.5. The Hall–Kier alpha value is -4.76. The number of thioether (sulfide) groups is 2. The fraction of sp³-hybridized carbons (Fsp3) is 0.318. The highest BCUT2D eigenvalue weighted by Gasteiger charge is 2.29. The van der Waals surface area contributed by atoms with Crippen LogP contribution in [0.25, 0.3) is 0 Å². The van der Waals surface area contributed by atoms with Gasteiger partial charge in [-0.3, -0.25) is 0 Å². The number of hydrogen-bond donors (Lipinski definition) is 1. The summed E-state index contributed by atoms with van der Waals surface area (Å²) in [6, 6.07) is 23.0. The van der Waals surface area contributed by atoms with E-state index < -0.39 is 5.97 Å². The number of aromatic carboxylic acids is 1. The molecular weight excluding hydrogens is 689 g/mol. The van der Waals surface area contributed by atoms with Gasteiger partial charge in [0.25, 0.3) is 0 Å². The van der Waals surface area contributed by atoms with Crippen molar-refractivity contribution in [3.8, 4) is 35.2 Å². The first-order chi connectivity index (χ1) is 24.8. The second kappa shape index (κ2) is 16.7. The zero-order valence-corrected chi connectivity index (χ0v) is 32.4. The monoisotopic (exact) mass is 732 g/mol. The average Bonchev–Trinajstić information content (AvgIpc) is 3.13. The summed E-state index contributed by atoms with van der Waals surface area (Å²) < 4.78 is 15.5. The lowest BCUT2D eigenvalue weighted by Gasteiger charge is -2.32. The van der Waals surface area contributed by atoms with E-state index >= 15 is 0 Å². The summed E-state index contributed by atoms with van der Waals surface area (Å²) in [4.78, 5) is 25.8. The molecule has 0 unspecified atom stereocenters. The van der Waals surface area contributed by atoms with E-state index in [-0.39, 0.29) is 22.4 Å². The normalized spacial score (nSPS) is 14.7. The van der Waals surface area contributed by atoms with Gasteiger partial charge in [0.1, 0.15) is 22.6 Å². The summed E-state index contributed by atoms with van der Waals surface area (Å²) in [5, 5.41) is 9.14. The van der Waals surface area contributed by atoms with Crippen LogP contribution in [0.1, 0.15) is 102 Å². The number of benzene rings is 4. The SMILES string of the molecule is CCOC(=O)c1ccc(C#Cc2ccc3c(c2)C(C)(C)CCS3)cc1OC.COc1cc(C#Cc2ccc3c(c2)C(C)(C)CCS3)ccc1C(=O)O. The highest BCUT2D eigenvalue weighted by atomic mass is 32.2.